The van der Waals surface area contributed by atoms with Crippen LogP contribution in [0.15, 0.2) is 104 Å². The second-order valence-corrected chi connectivity index (χ2v) is 8.79. The van der Waals surface area contributed by atoms with E-state index in [4.69, 9.17) is 4.74 Å². The van der Waals surface area contributed by atoms with Gasteiger partial charge in [-0.25, -0.2) is 0 Å². The van der Waals surface area contributed by atoms with Crippen LogP contribution in [-0.4, -0.2) is 29.8 Å². The molecule has 0 aliphatic rings. The highest BCUT2D eigenvalue weighted by molar-refractivity contribution is 5.55. The first-order valence-electron chi connectivity index (χ1n) is 12.2. The molecule has 0 saturated heterocycles. The lowest BCUT2D eigenvalue weighted by Gasteiger charge is -2.22. The van der Waals surface area contributed by atoms with E-state index in [2.05, 4.69) is 29.8 Å². The minimum atomic E-state index is 0.403. The maximum absolute atomic E-state index is 6.27. The van der Waals surface area contributed by atoms with Gasteiger partial charge >= 0.3 is 0 Å². The standard InChI is InChI=1S/C30H28N6O/c1-23-10-15-34-27(17-23)28-18-24(11-16-35-28)22-37-30-9-6-14-33-29(30)21-36(19-25-7-2-4-12-31-25)20-26-8-3-5-13-32-26/h2-18H,19-22H2,1H3. The smallest absolute Gasteiger partial charge is 0.142 e. The molecule has 5 aromatic rings. The SMILES string of the molecule is Cc1ccnc(-c2cc(COc3cccnc3CN(Cc3ccccn3)Cc3ccccn3)ccn2)c1. The summed E-state index contributed by atoms with van der Waals surface area (Å²) in [6.45, 7) is 4.39. The van der Waals surface area contributed by atoms with Crippen LogP contribution >= 0.6 is 0 Å². The van der Waals surface area contributed by atoms with Crippen molar-refractivity contribution in [3.8, 4) is 17.1 Å². The van der Waals surface area contributed by atoms with Crippen molar-refractivity contribution in [1.29, 1.82) is 0 Å². The third-order valence-electron chi connectivity index (χ3n) is 5.84. The lowest BCUT2D eigenvalue weighted by Crippen LogP contribution is -2.24. The van der Waals surface area contributed by atoms with Gasteiger partial charge in [-0.3, -0.25) is 29.8 Å². The number of ether oxygens (including phenoxy) is 1. The monoisotopic (exact) mass is 488 g/mol. The van der Waals surface area contributed by atoms with Gasteiger partial charge in [0.2, 0.25) is 0 Å². The molecule has 0 amide bonds. The zero-order valence-corrected chi connectivity index (χ0v) is 20.7. The summed E-state index contributed by atoms with van der Waals surface area (Å²) in [7, 11) is 0. The molecule has 0 aromatic carbocycles. The van der Waals surface area contributed by atoms with E-state index in [9.17, 15) is 0 Å². The van der Waals surface area contributed by atoms with Crippen LogP contribution in [0.25, 0.3) is 11.4 Å². The molecule has 7 heteroatoms. The van der Waals surface area contributed by atoms with Gasteiger partial charge in [0.05, 0.1) is 28.5 Å². The van der Waals surface area contributed by atoms with E-state index in [-0.39, 0.29) is 0 Å². The van der Waals surface area contributed by atoms with E-state index in [1.807, 2.05) is 92.1 Å². The van der Waals surface area contributed by atoms with Crippen LogP contribution in [-0.2, 0) is 26.2 Å². The number of hydrogen-bond donors (Lipinski definition) is 0. The number of aryl methyl sites for hydroxylation is 1. The predicted octanol–water partition coefficient (Wildman–Crippen LogP) is 5.42. The lowest BCUT2D eigenvalue weighted by atomic mass is 10.1. The van der Waals surface area contributed by atoms with Crippen molar-refractivity contribution in [2.24, 2.45) is 0 Å². The van der Waals surface area contributed by atoms with Crippen LogP contribution in [0.3, 0.4) is 0 Å². The summed E-state index contributed by atoms with van der Waals surface area (Å²) < 4.78 is 6.27. The van der Waals surface area contributed by atoms with E-state index >= 15 is 0 Å². The van der Waals surface area contributed by atoms with Gasteiger partial charge in [-0.15, -0.1) is 0 Å². The fourth-order valence-corrected chi connectivity index (χ4v) is 4.04. The molecule has 0 bridgehead atoms. The lowest BCUT2D eigenvalue weighted by molar-refractivity contribution is 0.229. The van der Waals surface area contributed by atoms with E-state index < -0.39 is 0 Å². The van der Waals surface area contributed by atoms with Crippen molar-refractivity contribution < 1.29 is 4.74 Å². The number of pyridine rings is 5. The molecule has 5 heterocycles. The zero-order valence-electron chi connectivity index (χ0n) is 20.7. The summed E-state index contributed by atoms with van der Waals surface area (Å²) in [5.41, 5.74) is 6.69. The van der Waals surface area contributed by atoms with Gasteiger partial charge in [-0.2, -0.15) is 0 Å². The van der Waals surface area contributed by atoms with E-state index in [1.54, 1.807) is 18.6 Å². The summed E-state index contributed by atoms with van der Waals surface area (Å²) >= 11 is 0. The highest BCUT2D eigenvalue weighted by Crippen LogP contribution is 2.22. The Balaban J connectivity index is 1.32. The molecule has 0 fully saturated rings. The fraction of sp³-hybridized carbons (Fsp3) is 0.167. The number of hydrogen-bond acceptors (Lipinski definition) is 7. The second-order valence-electron chi connectivity index (χ2n) is 8.79. The zero-order chi connectivity index (χ0) is 25.3. The number of nitrogens with zero attached hydrogens (tertiary/aromatic N) is 6. The van der Waals surface area contributed by atoms with Gasteiger partial charge in [0.15, 0.2) is 0 Å². The quantitative estimate of drug-likeness (QED) is 0.260. The third kappa shape index (κ3) is 6.80. The summed E-state index contributed by atoms with van der Waals surface area (Å²) in [5.74, 6) is 0.751. The highest BCUT2D eigenvalue weighted by atomic mass is 16.5. The van der Waals surface area contributed by atoms with Crippen LogP contribution in [0.1, 0.15) is 28.2 Å². The van der Waals surface area contributed by atoms with Gasteiger partial charge < -0.3 is 4.74 Å². The van der Waals surface area contributed by atoms with Crippen LogP contribution in [0.4, 0.5) is 0 Å². The molecule has 0 radical (unpaired) electrons. The Labute approximate surface area is 216 Å². The number of aromatic nitrogens is 5. The first kappa shape index (κ1) is 24.2. The normalized spacial score (nSPS) is 11.0. The molecule has 37 heavy (non-hydrogen) atoms. The molecule has 0 saturated carbocycles. The predicted molar refractivity (Wildman–Crippen MR) is 142 cm³/mol. The molecule has 5 rings (SSSR count). The van der Waals surface area contributed by atoms with Crippen LogP contribution in [0, 0.1) is 6.92 Å². The molecule has 0 aliphatic heterocycles. The molecule has 0 spiro atoms. The molecule has 0 unspecified atom stereocenters. The van der Waals surface area contributed by atoms with Gasteiger partial charge in [-0.1, -0.05) is 12.1 Å². The van der Waals surface area contributed by atoms with E-state index in [1.165, 1.54) is 0 Å². The van der Waals surface area contributed by atoms with Gasteiger partial charge in [0, 0.05) is 50.6 Å². The van der Waals surface area contributed by atoms with Gasteiger partial charge in [-0.05, 0) is 78.7 Å². The average molecular weight is 489 g/mol. The Kier molecular flexibility index (Phi) is 7.83. The molecule has 7 nitrogen and oxygen atoms in total. The van der Waals surface area contributed by atoms with Crippen molar-refractivity contribution in [3.63, 3.8) is 0 Å². The first-order valence-corrected chi connectivity index (χ1v) is 12.2. The minimum Gasteiger partial charge on any atom is -0.487 e. The van der Waals surface area contributed by atoms with E-state index in [0.717, 1.165) is 45.3 Å². The Bertz CT molecular complexity index is 1390. The average Bonchev–Trinajstić information content (AvgIpc) is 2.94. The second kappa shape index (κ2) is 12.0. The number of rotatable bonds is 10. The van der Waals surface area contributed by atoms with Crippen molar-refractivity contribution in [2.75, 3.05) is 0 Å². The fourth-order valence-electron chi connectivity index (χ4n) is 4.04. The Morgan fingerprint density at radius 2 is 1.30 bits per heavy atom. The van der Waals surface area contributed by atoms with Crippen LogP contribution < -0.4 is 4.74 Å². The Hall–Kier alpha value is -4.49. The summed E-state index contributed by atoms with van der Waals surface area (Å²) in [4.78, 5) is 24.9. The van der Waals surface area contributed by atoms with Gasteiger partial charge in [0.25, 0.3) is 0 Å². The largest absolute Gasteiger partial charge is 0.487 e. The third-order valence-corrected chi connectivity index (χ3v) is 5.84. The first-order chi connectivity index (χ1) is 18.2. The topological polar surface area (TPSA) is 76.9 Å². The van der Waals surface area contributed by atoms with Crippen molar-refractivity contribution in [1.82, 2.24) is 29.8 Å². The minimum absolute atomic E-state index is 0.403. The molecule has 184 valence electrons. The molecule has 0 aliphatic carbocycles. The molecular formula is C30H28N6O. The maximum Gasteiger partial charge on any atom is 0.142 e. The summed E-state index contributed by atoms with van der Waals surface area (Å²) in [6.07, 6.45) is 9.04. The van der Waals surface area contributed by atoms with Crippen LogP contribution in [0.5, 0.6) is 5.75 Å². The molecule has 5 aromatic heterocycles. The summed E-state index contributed by atoms with van der Waals surface area (Å²) in [6, 6.07) is 23.8. The maximum atomic E-state index is 6.27. The molecular weight excluding hydrogens is 460 g/mol. The van der Waals surface area contributed by atoms with E-state index in [0.29, 0.717) is 26.2 Å². The van der Waals surface area contributed by atoms with Crippen molar-refractivity contribution in [2.45, 2.75) is 33.2 Å². The Morgan fingerprint density at radius 1 is 0.622 bits per heavy atom. The van der Waals surface area contributed by atoms with Crippen LogP contribution in [0.2, 0.25) is 0 Å². The molecule has 0 N–H and O–H groups in total. The van der Waals surface area contributed by atoms with Crippen molar-refractivity contribution >= 4 is 0 Å². The highest BCUT2D eigenvalue weighted by Gasteiger charge is 2.14. The Morgan fingerprint density at radius 3 is 1.97 bits per heavy atom. The summed E-state index contributed by atoms with van der Waals surface area (Å²) in [5, 5.41) is 0. The van der Waals surface area contributed by atoms with Gasteiger partial charge in [0.1, 0.15) is 12.4 Å². The molecule has 0 atom stereocenters. The van der Waals surface area contributed by atoms with Crippen molar-refractivity contribution in [3.05, 3.63) is 132 Å².